The normalized spacial score (nSPS) is 10.4. The van der Waals surface area contributed by atoms with Crippen LogP contribution in [-0.2, 0) is 0 Å². The first-order chi connectivity index (χ1) is 6.65. The Morgan fingerprint density at radius 3 is 2.36 bits per heavy atom. The van der Waals surface area contributed by atoms with Crippen molar-refractivity contribution in [1.82, 2.24) is 0 Å². The van der Waals surface area contributed by atoms with Crippen LogP contribution in [0.3, 0.4) is 0 Å². The number of aromatic carboxylic acids is 1. The predicted octanol–water partition coefficient (Wildman–Crippen LogP) is 1.58. The Kier molecular flexibility index (Phi) is 3.14. The molecule has 6 heteroatoms. The summed E-state index contributed by atoms with van der Waals surface area (Å²) in [5, 5.41) is 25.0. The van der Waals surface area contributed by atoms with E-state index >= 15 is 0 Å². The minimum Gasteiger partial charge on any atom is -0.478 e. The first-order valence-electron chi connectivity index (χ1n) is 3.77. The van der Waals surface area contributed by atoms with Crippen LogP contribution in [0.1, 0.15) is 10.4 Å². The van der Waals surface area contributed by atoms with Gasteiger partial charge in [0.2, 0.25) is 0 Å². The molecule has 0 spiro atoms. The smallest absolute Gasteiger partial charge is 0.335 e. The minimum atomic E-state index is -1.02. The van der Waals surface area contributed by atoms with E-state index < -0.39 is 5.97 Å². The molecule has 14 heavy (non-hydrogen) atoms. The second kappa shape index (κ2) is 4.33. The van der Waals surface area contributed by atoms with Crippen LogP contribution in [0.4, 0.5) is 5.69 Å². The lowest BCUT2D eigenvalue weighted by molar-refractivity contribution is 0.0697. The predicted molar refractivity (Wildman–Crippen MR) is 48.4 cm³/mol. The van der Waals surface area contributed by atoms with Gasteiger partial charge in [-0.1, -0.05) is 0 Å². The lowest BCUT2D eigenvalue weighted by atomic mass is 10.2. The van der Waals surface area contributed by atoms with Crippen molar-refractivity contribution in [3.8, 4) is 0 Å². The molecule has 0 bridgehead atoms. The van der Waals surface area contributed by atoms with E-state index in [4.69, 9.17) is 5.11 Å². The van der Waals surface area contributed by atoms with Gasteiger partial charge in [-0.15, -0.1) is 5.17 Å². The average molecular weight is 195 g/mol. The van der Waals surface area contributed by atoms with Crippen molar-refractivity contribution in [1.29, 1.82) is 0 Å². The zero-order valence-corrected chi connectivity index (χ0v) is 7.45. The number of hydrogen-bond acceptors (Lipinski definition) is 4. The van der Waals surface area contributed by atoms with E-state index in [2.05, 4.69) is 10.3 Å². The Balaban J connectivity index is 2.88. The Bertz CT molecular complexity index is 347. The Morgan fingerprint density at radius 1 is 1.36 bits per heavy atom. The summed E-state index contributed by atoms with van der Waals surface area (Å²) in [4.78, 5) is 10.5. The molecule has 0 aliphatic heterocycles. The highest BCUT2D eigenvalue weighted by molar-refractivity contribution is 5.87. The maximum atomic E-state index is 10.5. The maximum Gasteiger partial charge on any atom is 0.335 e. The van der Waals surface area contributed by atoms with Crippen molar-refractivity contribution < 1.29 is 15.1 Å². The molecule has 2 N–H and O–H groups in total. The summed E-state index contributed by atoms with van der Waals surface area (Å²) in [7, 11) is 1.41. The van der Waals surface area contributed by atoms with E-state index in [0.29, 0.717) is 10.9 Å². The second-order valence-corrected chi connectivity index (χ2v) is 2.43. The molecule has 0 radical (unpaired) electrons. The summed E-state index contributed by atoms with van der Waals surface area (Å²) >= 11 is 0. The van der Waals surface area contributed by atoms with Crippen LogP contribution in [0.15, 0.2) is 34.6 Å². The van der Waals surface area contributed by atoms with Crippen molar-refractivity contribution in [3.05, 3.63) is 29.8 Å². The SMILES string of the molecule is C/N=N\N(O)c1ccc(C(=O)O)cc1. The molecule has 74 valence electrons. The fourth-order valence-electron chi connectivity index (χ4n) is 0.874. The van der Waals surface area contributed by atoms with Crippen LogP contribution >= 0.6 is 0 Å². The number of carboxylic acid groups (broad SMARTS) is 1. The second-order valence-electron chi connectivity index (χ2n) is 2.43. The Hall–Kier alpha value is -1.95. The zero-order chi connectivity index (χ0) is 10.6. The lowest BCUT2D eigenvalue weighted by Crippen LogP contribution is -2.08. The fourth-order valence-corrected chi connectivity index (χ4v) is 0.874. The third-order valence-corrected chi connectivity index (χ3v) is 1.52. The van der Waals surface area contributed by atoms with Crippen LogP contribution < -0.4 is 5.17 Å². The molecule has 6 nitrogen and oxygen atoms in total. The van der Waals surface area contributed by atoms with E-state index in [1.807, 2.05) is 0 Å². The first-order valence-corrected chi connectivity index (χ1v) is 3.77. The van der Waals surface area contributed by atoms with Gasteiger partial charge in [-0.2, -0.15) is 5.11 Å². The van der Waals surface area contributed by atoms with E-state index in [9.17, 15) is 10.0 Å². The number of benzene rings is 1. The van der Waals surface area contributed by atoms with E-state index in [1.54, 1.807) is 0 Å². The number of rotatable bonds is 3. The number of anilines is 1. The van der Waals surface area contributed by atoms with Gasteiger partial charge in [-0.05, 0) is 29.5 Å². The average Bonchev–Trinajstić information content (AvgIpc) is 2.18. The molecular weight excluding hydrogens is 186 g/mol. The van der Waals surface area contributed by atoms with Crippen molar-refractivity contribution in [2.24, 2.45) is 10.3 Å². The van der Waals surface area contributed by atoms with Crippen LogP contribution in [0, 0.1) is 0 Å². The summed E-state index contributed by atoms with van der Waals surface area (Å²) in [5.74, 6) is -1.02. The van der Waals surface area contributed by atoms with Crippen molar-refractivity contribution in [2.75, 3.05) is 12.2 Å². The van der Waals surface area contributed by atoms with Crippen LogP contribution in [0.25, 0.3) is 0 Å². The minimum absolute atomic E-state index is 0.149. The zero-order valence-electron chi connectivity index (χ0n) is 7.45. The molecular formula is C8H9N3O3. The number of nitrogens with zero attached hydrogens (tertiary/aromatic N) is 3. The summed E-state index contributed by atoms with van der Waals surface area (Å²) in [5.41, 5.74) is 0.496. The molecule has 0 fully saturated rings. The summed E-state index contributed by atoms with van der Waals surface area (Å²) < 4.78 is 0. The van der Waals surface area contributed by atoms with E-state index in [0.717, 1.165) is 0 Å². The van der Waals surface area contributed by atoms with Gasteiger partial charge in [0.15, 0.2) is 0 Å². The summed E-state index contributed by atoms with van der Waals surface area (Å²) in [6.45, 7) is 0. The summed E-state index contributed by atoms with van der Waals surface area (Å²) in [6, 6.07) is 5.59. The first kappa shape index (κ1) is 10.1. The summed E-state index contributed by atoms with van der Waals surface area (Å²) in [6.07, 6.45) is 0. The third kappa shape index (κ3) is 2.27. The molecule has 0 aliphatic carbocycles. The molecule has 0 saturated carbocycles. The highest BCUT2D eigenvalue weighted by atomic mass is 16.5. The van der Waals surface area contributed by atoms with Gasteiger partial charge in [0.1, 0.15) is 0 Å². The van der Waals surface area contributed by atoms with Crippen LogP contribution in [-0.4, -0.2) is 23.3 Å². The highest BCUT2D eigenvalue weighted by Gasteiger charge is 2.04. The third-order valence-electron chi connectivity index (χ3n) is 1.52. The van der Waals surface area contributed by atoms with Crippen LogP contribution in [0.5, 0.6) is 0 Å². The van der Waals surface area contributed by atoms with Crippen molar-refractivity contribution in [2.45, 2.75) is 0 Å². The van der Waals surface area contributed by atoms with Gasteiger partial charge in [0.05, 0.1) is 18.3 Å². The maximum absolute atomic E-state index is 10.5. The van der Waals surface area contributed by atoms with Gasteiger partial charge < -0.3 is 5.11 Å². The van der Waals surface area contributed by atoms with Gasteiger partial charge in [-0.3, -0.25) is 5.21 Å². The van der Waals surface area contributed by atoms with Gasteiger partial charge in [0.25, 0.3) is 0 Å². The fraction of sp³-hybridized carbons (Fsp3) is 0.125. The molecule has 0 aromatic heterocycles. The molecule has 0 aliphatic rings. The highest BCUT2D eigenvalue weighted by Crippen LogP contribution is 2.13. The number of carboxylic acids is 1. The van der Waals surface area contributed by atoms with E-state index in [1.165, 1.54) is 31.3 Å². The lowest BCUT2D eigenvalue weighted by Gasteiger charge is -2.07. The van der Waals surface area contributed by atoms with Crippen LogP contribution in [0.2, 0.25) is 0 Å². The van der Waals surface area contributed by atoms with Crippen molar-refractivity contribution >= 4 is 11.7 Å². The largest absolute Gasteiger partial charge is 0.478 e. The molecule has 1 aromatic carbocycles. The number of carbonyl (C=O) groups is 1. The molecule has 0 heterocycles. The quantitative estimate of drug-likeness (QED) is 0.566. The Morgan fingerprint density at radius 2 is 1.93 bits per heavy atom. The van der Waals surface area contributed by atoms with Gasteiger partial charge >= 0.3 is 5.97 Å². The Labute approximate surface area is 80.0 Å². The molecule has 0 unspecified atom stereocenters. The molecule has 1 aromatic rings. The molecule has 0 atom stereocenters. The monoisotopic (exact) mass is 195 g/mol. The van der Waals surface area contributed by atoms with Gasteiger partial charge in [-0.25, -0.2) is 4.79 Å². The molecule has 1 rings (SSSR count). The standard InChI is InChI=1S/C8H9N3O3/c1-9-10-11(14)7-4-2-6(3-5-7)8(12)13/h2-5,14H,1H3,(H,12,13)/b10-9-. The van der Waals surface area contributed by atoms with Crippen molar-refractivity contribution in [3.63, 3.8) is 0 Å². The van der Waals surface area contributed by atoms with Gasteiger partial charge in [0, 0.05) is 0 Å². The number of hydrogen-bond donors (Lipinski definition) is 2. The topological polar surface area (TPSA) is 85.5 Å². The van der Waals surface area contributed by atoms with E-state index in [-0.39, 0.29) is 5.56 Å². The molecule has 0 saturated heterocycles. The molecule has 0 amide bonds.